The van der Waals surface area contributed by atoms with Crippen molar-refractivity contribution in [3.8, 4) is 0 Å². The first kappa shape index (κ1) is 28.6. The molecule has 0 spiro atoms. The normalized spacial score (nSPS) is 20.0. The standard InChI is InChI=1S/C29H27BrN6O7/c1-31-24-16(7-5-15-37)6-3-9-18(24)33(28(31)42)20-11-13-22(38)35(26(20)40)36-23(39)14-12-21(27(36)41)34-19-10-4-8-17(30)25(19)32(2)29(34)43/h3-10,20-21,37H,11-15H2,1-2H3/b7-5+. The number of nitrogens with zero attached hydrogens (tertiary/aromatic N) is 6. The number of imide groups is 2. The van der Waals surface area contributed by atoms with Gasteiger partial charge in [0.2, 0.25) is 11.8 Å². The zero-order valence-electron chi connectivity index (χ0n) is 23.3. The third kappa shape index (κ3) is 4.23. The smallest absolute Gasteiger partial charge is 0.329 e. The van der Waals surface area contributed by atoms with E-state index in [0.717, 1.165) is 0 Å². The zero-order valence-corrected chi connectivity index (χ0v) is 24.9. The van der Waals surface area contributed by atoms with Crippen molar-refractivity contribution in [2.75, 3.05) is 6.61 Å². The highest BCUT2D eigenvalue weighted by atomic mass is 79.9. The van der Waals surface area contributed by atoms with Gasteiger partial charge in [0.15, 0.2) is 0 Å². The summed E-state index contributed by atoms with van der Waals surface area (Å²) in [5.74, 6) is -3.27. The molecule has 2 atom stereocenters. The number of carbonyl (C=O) groups excluding carboxylic acids is 4. The second-order valence-corrected chi connectivity index (χ2v) is 11.4. The van der Waals surface area contributed by atoms with Crippen LogP contribution in [0.25, 0.3) is 28.1 Å². The Morgan fingerprint density at radius 2 is 1.26 bits per heavy atom. The molecule has 4 aromatic rings. The van der Waals surface area contributed by atoms with E-state index in [1.165, 1.54) is 24.3 Å². The number of hydrogen-bond donors (Lipinski definition) is 1. The third-order valence-electron chi connectivity index (χ3n) is 8.14. The van der Waals surface area contributed by atoms with Crippen LogP contribution in [0, 0.1) is 0 Å². The largest absolute Gasteiger partial charge is 0.392 e. The summed E-state index contributed by atoms with van der Waals surface area (Å²) in [6.45, 7) is -0.204. The molecule has 2 unspecified atom stereocenters. The average molecular weight is 651 g/mol. The molecule has 2 aliphatic heterocycles. The number of carbonyl (C=O) groups is 4. The number of rotatable bonds is 5. The van der Waals surface area contributed by atoms with Gasteiger partial charge in [-0.25, -0.2) is 9.59 Å². The fourth-order valence-corrected chi connectivity index (χ4v) is 6.80. The van der Waals surface area contributed by atoms with E-state index in [9.17, 15) is 33.9 Å². The fraction of sp³-hybridized carbons (Fsp3) is 0.310. The topological polar surface area (TPSA) is 149 Å². The summed E-state index contributed by atoms with van der Waals surface area (Å²) in [7, 11) is 3.12. The van der Waals surface area contributed by atoms with Crippen molar-refractivity contribution in [2.45, 2.75) is 37.8 Å². The fourth-order valence-electron chi connectivity index (χ4n) is 6.18. The summed E-state index contributed by atoms with van der Waals surface area (Å²) in [6.07, 6.45) is 2.78. The Labute approximate surface area is 251 Å². The minimum absolute atomic E-state index is 0.00622. The molecule has 13 nitrogen and oxygen atoms in total. The lowest BCUT2D eigenvalue weighted by Crippen LogP contribution is -2.62. The number of halogens is 1. The molecule has 2 fully saturated rings. The van der Waals surface area contributed by atoms with Crippen molar-refractivity contribution in [3.05, 3.63) is 73.5 Å². The van der Waals surface area contributed by atoms with Crippen LogP contribution in [0.4, 0.5) is 0 Å². The van der Waals surface area contributed by atoms with Gasteiger partial charge in [-0.15, -0.1) is 0 Å². The molecule has 43 heavy (non-hydrogen) atoms. The summed E-state index contributed by atoms with van der Waals surface area (Å²) >= 11 is 3.44. The number of imidazole rings is 2. The zero-order chi connectivity index (χ0) is 30.7. The van der Waals surface area contributed by atoms with Gasteiger partial charge in [0.1, 0.15) is 12.1 Å². The van der Waals surface area contributed by atoms with E-state index in [4.69, 9.17) is 0 Å². The van der Waals surface area contributed by atoms with Crippen molar-refractivity contribution in [1.82, 2.24) is 28.3 Å². The lowest BCUT2D eigenvalue weighted by molar-refractivity contribution is -0.188. The van der Waals surface area contributed by atoms with Crippen LogP contribution < -0.4 is 11.4 Å². The first-order valence-electron chi connectivity index (χ1n) is 13.6. The average Bonchev–Trinajstić information content (AvgIpc) is 3.39. The van der Waals surface area contributed by atoms with E-state index in [1.54, 1.807) is 56.6 Å². The van der Waals surface area contributed by atoms with Gasteiger partial charge in [-0.1, -0.05) is 30.4 Å². The van der Waals surface area contributed by atoms with Crippen LogP contribution in [-0.4, -0.2) is 63.6 Å². The minimum Gasteiger partial charge on any atom is -0.392 e. The quantitative estimate of drug-likeness (QED) is 0.324. The highest BCUT2D eigenvalue weighted by Crippen LogP contribution is 2.34. The van der Waals surface area contributed by atoms with Crippen molar-refractivity contribution >= 4 is 67.7 Å². The predicted octanol–water partition coefficient (Wildman–Crippen LogP) is 1.76. The second kappa shape index (κ2) is 10.6. The van der Waals surface area contributed by atoms with E-state index in [-0.39, 0.29) is 32.3 Å². The molecule has 1 N–H and O–H groups in total. The highest BCUT2D eigenvalue weighted by Gasteiger charge is 2.48. The van der Waals surface area contributed by atoms with Crippen molar-refractivity contribution in [3.63, 3.8) is 0 Å². The number of hydrazine groups is 1. The second-order valence-electron chi connectivity index (χ2n) is 10.5. The van der Waals surface area contributed by atoms with Crippen LogP contribution in [0.15, 0.2) is 56.5 Å². The number of aliphatic hydroxyl groups is 1. The first-order chi connectivity index (χ1) is 20.6. The van der Waals surface area contributed by atoms with Gasteiger partial charge in [-0.3, -0.25) is 37.4 Å². The SMILES string of the molecule is Cn1c(=O)n(C2CCC(=O)N(N3C(=O)CCC(n4c(=O)n(C)c5c(/C=C/CO)cccc54)C3=O)C2=O)c2cccc(Br)c21. The number of aromatic nitrogens is 4. The van der Waals surface area contributed by atoms with E-state index in [2.05, 4.69) is 15.9 Å². The Bertz CT molecular complexity index is 2010. The first-order valence-corrected chi connectivity index (χ1v) is 14.4. The number of hydrogen-bond acceptors (Lipinski definition) is 7. The van der Waals surface area contributed by atoms with E-state index in [1.807, 2.05) is 0 Å². The van der Waals surface area contributed by atoms with E-state index in [0.29, 0.717) is 42.1 Å². The van der Waals surface area contributed by atoms with Gasteiger partial charge in [-0.2, -0.15) is 10.0 Å². The number of piperidine rings is 2. The van der Waals surface area contributed by atoms with Crippen LogP contribution in [0.1, 0.15) is 43.3 Å². The molecule has 2 aliphatic rings. The summed E-state index contributed by atoms with van der Waals surface area (Å²) < 4.78 is 5.96. The van der Waals surface area contributed by atoms with Gasteiger partial charge in [-0.05, 0) is 47.0 Å². The Morgan fingerprint density at radius 3 is 1.79 bits per heavy atom. The van der Waals surface area contributed by atoms with Crippen LogP contribution in [0.2, 0.25) is 0 Å². The van der Waals surface area contributed by atoms with E-state index >= 15 is 0 Å². The summed E-state index contributed by atoms with van der Waals surface area (Å²) in [6, 6.07) is 7.96. The molecule has 0 aliphatic carbocycles. The Hall–Kier alpha value is -4.56. The van der Waals surface area contributed by atoms with Crippen LogP contribution in [0.5, 0.6) is 0 Å². The van der Waals surface area contributed by atoms with Gasteiger partial charge < -0.3 is 5.11 Å². The molecule has 4 amide bonds. The van der Waals surface area contributed by atoms with Crippen LogP contribution in [0.3, 0.4) is 0 Å². The molecule has 14 heteroatoms. The molecule has 222 valence electrons. The Kier molecular flexibility index (Phi) is 7.05. The molecule has 2 aromatic carbocycles. The lowest BCUT2D eigenvalue weighted by atomic mass is 10.0. The maximum Gasteiger partial charge on any atom is 0.329 e. The molecular weight excluding hydrogens is 624 g/mol. The molecule has 4 heterocycles. The number of aliphatic hydroxyl groups excluding tert-OH is 1. The number of fused-ring (bicyclic) bond motifs is 2. The minimum atomic E-state index is -1.18. The molecule has 0 bridgehead atoms. The number of para-hydroxylation sites is 2. The third-order valence-corrected chi connectivity index (χ3v) is 8.78. The summed E-state index contributed by atoms with van der Waals surface area (Å²) in [5, 5.41) is 10.3. The number of benzene rings is 2. The molecule has 0 saturated carbocycles. The molecular formula is C29H27BrN6O7. The summed E-state index contributed by atoms with van der Waals surface area (Å²) in [4.78, 5) is 81.2. The number of aryl methyl sites for hydroxylation is 2. The van der Waals surface area contributed by atoms with Crippen molar-refractivity contribution in [1.29, 1.82) is 0 Å². The Morgan fingerprint density at radius 1 is 0.767 bits per heavy atom. The summed E-state index contributed by atoms with van der Waals surface area (Å²) in [5.41, 5.74) is 1.57. The van der Waals surface area contributed by atoms with Crippen LogP contribution >= 0.6 is 15.9 Å². The van der Waals surface area contributed by atoms with Crippen LogP contribution in [-0.2, 0) is 33.3 Å². The van der Waals surface area contributed by atoms with Gasteiger partial charge in [0.25, 0.3) is 11.8 Å². The van der Waals surface area contributed by atoms with Gasteiger partial charge in [0, 0.05) is 37.0 Å². The van der Waals surface area contributed by atoms with Crippen molar-refractivity contribution < 1.29 is 24.3 Å². The molecule has 0 radical (unpaired) electrons. The Balaban J connectivity index is 1.43. The maximum atomic E-state index is 14.0. The molecule has 2 saturated heterocycles. The highest BCUT2D eigenvalue weighted by molar-refractivity contribution is 9.10. The lowest BCUT2D eigenvalue weighted by Gasteiger charge is -2.40. The predicted molar refractivity (Wildman–Crippen MR) is 158 cm³/mol. The maximum absolute atomic E-state index is 14.0. The van der Waals surface area contributed by atoms with Gasteiger partial charge >= 0.3 is 11.4 Å². The number of amides is 4. The molecule has 2 aromatic heterocycles. The monoisotopic (exact) mass is 650 g/mol. The molecule has 6 rings (SSSR count). The van der Waals surface area contributed by atoms with E-state index < -0.39 is 47.1 Å². The van der Waals surface area contributed by atoms with Crippen molar-refractivity contribution in [2.24, 2.45) is 14.1 Å². The van der Waals surface area contributed by atoms with Gasteiger partial charge in [0.05, 0.1) is 28.7 Å².